The molecular weight excluding hydrogens is 254 g/mol. The number of hydrogen-bond acceptors (Lipinski definition) is 1. The smallest absolute Gasteiger partial charge is 0.0662 e. The molecule has 0 unspecified atom stereocenters. The van der Waals surface area contributed by atoms with Gasteiger partial charge in [-0.2, -0.15) is 0 Å². The number of aliphatic imine (C=N–C) groups is 1. The zero-order valence-electron chi connectivity index (χ0n) is 12.7. The number of rotatable bonds is 5. The van der Waals surface area contributed by atoms with E-state index >= 15 is 0 Å². The fourth-order valence-electron chi connectivity index (χ4n) is 2.13. The molecule has 0 atom stereocenters. The first-order chi connectivity index (χ1) is 10.2. The van der Waals surface area contributed by atoms with Crippen molar-refractivity contribution in [3.63, 3.8) is 0 Å². The van der Waals surface area contributed by atoms with Crippen LogP contribution in [0.3, 0.4) is 0 Å². The summed E-state index contributed by atoms with van der Waals surface area (Å²) in [4.78, 5) is 4.84. The van der Waals surface area contributed by atoms with E-state index in [1.165, 1.54) is 5.56 Å². The summed E-state index contributed by atoms with van der Waals surface area (Å²) in [6.07, 6.45) is 2.85. The molecule has 0 amide bonds. The van der Waals surface area contributed by atoms with Gasteiger partial charge < -0.3 is 0 Å². The van der Waals surface area contributed by atoms with E-state index in [4.69, 9.17) is 4.99 Å². The molecule has 0 aliphatic carbocycles. The lowest BCUT2D eigenvalue weighted by Gasteiger charge is -2.09. The molecule has 0 saturated carbocycles. The summed E-state index contributed by atoms with van der Waals surface area (Å²) in [6, 6.07) is 20.6. The molecule has 0 fully saturated rings. The fourth-order valence-corrected chi connectivity index (χ4v) is 2.13. The van der Waals surface area contributed by atoms with Crippen molar-refractivity contribution >= 4 is 11.4 Å². The molecule has 0 heterocycles. The highest BCUT2D eigenvalue weighted by Gasteiger charge is 2.05. The average Bonchev–Trinajstić information content (AvgIpc) is 2.53. The van der Waals surface area contributed by atoms with Crippen LogP contribution in [0.25, 0.3) is 5.70 Å². The van der Waals surface area contributed by atoms with Crippen LogP contribution in [0.5, 0.6) is 0 Å². The lowest BCUT2D eigenvalue weighted by atomic mass is 10.0. The summed E-state index contributed by atoms with van der Waals surface area (Å²) in [6.45, 7) is 8.11. The summed E-state index contributed by atoms with van der Waals surface area (Å²) < 4.78 is 0. The first-order valence-corrected chi connectivity index (χ1v) is 7.20. The molecule has 0 spiro atoms. The largest absolute Gasteiger partial charge is 0.253 e. The van der Waals surface area contributed by atoms with Crippen LogP contribution < -0.4 is 0 Å². The third kappa shape index (κ3) is 4.28. The Kier molecular flexibility index (Phi) is 5.28. The third-order valence-corrected chi connectivity index (χ3v) is 3.31. The second kappa shape index (κ2) is 7.39. The number of benzene rings is 2. The Balaban J connectivity index is 2.31. The monoisotopic (exact) mass is 275 g/mol. The molecule has 0 saturated heterocycles. The molecule has 2 aromatic carbocycles. The Bertz CT molecular complexity index is 649. The third-order valence-electron chi connectivity index (χ3n) is 3.31. The molecule has 0 bridgehead atoms. The van der Waals surface area contributed by atoms with Gasteiger partial charge in [-0.05, 0) is 30.5 Å². The maximum absolute atomic E-state index is 4.84. The highest BCUT2D eigenvalue weighted by molar-refractivity contribution is 6.03. The minimum atomic E-state index is 0.806. The molecule has 0 aromatic heterocycles. The minimum absolute atomic E-state index is 0.806. The van der Waals surface area contributed by atoms with Crippen LogP contribution >= 0.6 is 0 Å². The van der Waals surface area contributed by atoms with Crippen molar-refractivity contribution in [3.05, 3.63) is 90.0 Å². The average molecular weight is 275 g/mol. The molecule has 0 aliphatic heterocycles. The van der Waals surface area contributed by atoms with Gasteiger partial charge in [0.15, 0.2) is 0 Å². The van der Waals surface area contributed by atoms with E-state index in [9.17, 15) is 0 Å². The van der Waals surface area contributed by atoms with Crippen LogP contribution in [0.4, 0.5) is 0 Å². The maximum atomic E-state index is 4.84. The van der Waals surface area contributed by atoms with E-state index in [2.05, 4.69) is 43.0 Å². The molecule has 2 aromatic rings. The topological polar surface area (TPSA) is 12.4 Å². The van der Waals surface area contributed by atoms with Gasteiger partial charge in [-0.3, -0.25) is 4.99 Å². The van der Waals surface area contributed by atoms with Crippen LogP contribution in [0.2, 0.25) is 0 Å². The van der Waals surface area contributed by atoms with E-state index in [-0.39, 0.29) is 0 Å². The summed E-state index contributed by atoms with van der Waals surface area (Å²) in [5, 5.41) is 0. The first kappa shape index (κ1) is 15.0. The molecule has 2 rings (SSSR count). The van der Waals surface area contributed by atoms with Gasteiger partial charge in [0.2, 0.25) is 0 Å². The zero-order valence-corrected chi connectivity index (χ0v) is 12.7. The molecule has 106 valence electrons. The second-order valence-corrected chi connectivity index (χ2v) is 5.04. The quantitative estimate of drug-likeness (QED) is 0.656. The van der Waals surface area contributed by atoms with Crippen LogP contribution in [-0.4, -0.2) is 5.71 Å². The predicted octanol–water partition coefficient (Wildman–Crippen LogP) is 5.31. The van der Waals surface area contributed by atoms with Gasteiger partial charge in [0.25, 0.3) is 0 Å². The number of hydrogen-bond donors (Lipinski definition) is 0. The first-order valence-electron chi connectivity index (χ1n) is 7.20. The van der Waals surface area contributed by atoms with Crippen molar-refractivity contribution in [1.29, 1.82) is 0 Å². The Morgan fingerprint density at radius 3 is 2.10 bits per heavy atom. The Hall–Kier alpha value is -2.41. The minimum Gasteiger partial charge on any atom is -0.253 e. The summed E-state index contributed by atoms with van der Waals surface area (Å²) in [5.74, 6) is 0. The SMILES string of the molecule is C=C(C)C(Cc1ccccc1)=N/C(=C\C)c1ccccc1. The Morgan fingerprint density at radius 1 is 1.00 bits per heavy atom. The van der Waals surface area contributed by atoms with Crippen LogP contribution in [0.1, 0.15) is 25.0 Å². The van der Waals surface area contributed by atoms with E-state index in [0.717, 1.165) is 29.0 Å². The molecule has 0 N–H and O–H groups in total. The molecular formula is C20H21N. The van der Waals surface area contributed by atoms with Crippen molar-refractivity contribution in [2.24, 2.45) is 4.99 Å². The fraction of sp³-hybridized carbons (Fsp3) is 0.150. The van der Waals surface area contributed by atoms with Gasteiger partial charge in [0.05, 0.1) is 5.70 Å². The number of nitrogens with zero attached hydrogens (tertiary/aromatic N) is 1. The van der Waals surface area contributed by atoms with Crippen molar-refractivity contribution in [1.82, 2.24) is 0 Å². The highest BCUT2D eigenvalue weighted by atomic mass is 14.8. The van der Waals surface area contributed by atoms with Gasteiger partial charge in [-0.1, -0.05) is 73.3 Å². The normalized spacial score (nSPS) is 12.3. The molecule has 1 nitrogen and oxygen atoms in total. The van der Waals surface area contributed by atoms with Gasteiger partial charge in [0.1, 0.15) is 0 Å². The van der Waals surface area contributed by atoms with Crippen LogP contribution in [0.15, 0.2) is 83.9 Å². The second-order valence-electron chi connectivity index (χ2n) is 5.04. The van der Waals surface area contributed by atoms with Gasteiger partial charge in [0, 0.05) is 12.1 Å². The van der Waals surface area contributed by atoms with Crippen molar-refractivity contribution in [3.8, 4) is 0 Å². The lowest BCUT2D eigenvalue weighted by Crippen LogP contribution is -2.04. The molecule has 1 heteroatoms. The molecule has 21 heavy (non-hydrogen) atoms. The Morgan fingerprint density at radius 2 is 1.57 bits per heavy atom. The van der Waals surface area contributed by atoms with E-state index in [1.807, 2.05) is 44.2 Å². The van der Waals surface area contributed by atoms with Crippen LogP contribution in [0, 0.1) is 0 Å². The standard InChI is InChI=1S/C20H21N/c1-4-19(18-13-9-6-10-14-18)21-20(16(2)3)15-17-11-7-5-8-12-17/h4-14H,2,15H2,1,3H3/b19-4-,21-20?. The maximum Gasteiger partial charge on any atom is 0.0662 e. The Labute approximate surface area is 127 Å². The van der Waals surface area contributed by atoms with Crippen molar-refractivity contribution in [2.75, 3.05) is 0 Å². The number of allylic oxidation sites excluding steroid dienone is 2. The zero-order chi connectivity index (χ0) is 15.1. The van der Waals surface area contributed by atoms with Gasteiger partial charge in [-0.15, -0.1) is 0 Å². The van der Waals surface area contributed by atoms with Gasteiger partial charge in [-0.25, -0.2) is 0 Å². The van der Waals surface area contributed by atoms with Gasteiger partial charge >= 0.3 is 0 Å². The summed E-state index contributed by atoms with van der Waals surface area (Å²) in [5.41, 5.74) is 5.41. The van der Waals surface area contributed by atoms with Crippen molar-refractivity contribution < 1.29 is 0 Å². The summed E-state index contributed by atoms with van der Waals surface area (Å²) >= 11 is 0. The van der Waals surface area contributed by atoms with Crippen LogP contribution in [-0.2, 0) is 6.42 Å². The van der Waals surface area contributed by atoms with E-state index in [0.29, 0.717) is 0 Å². The lowest BCUT2D eigenvalue weighted by molar-refractivity contribution is 1.29. The molecule has 0 aliphatic rings. The highest BCUT2D eigenvalue weighted by Crippen LogP contribution is 2.18. The van der Waals surface area contributed by atoms with Crippen molar-refractivity contribution in [2.45, 2.75) is 20.3 Å². The summed E-state index contributed by atoms with van der Waals surface area (Å²) in [7, 11) is 0. The van der Waals surface area contributed by atoms with E-state index in [1.54, 1.807) is 0 Å². The molecule has 0 radical (unpaired) electrons. The predicted molar refractivity (Wildman–Crippen MR) is 92.5 cm³/mol. The van der Waals surface area contributed by atoms with E-state index < -0.39 is 0 Å².